The quantitative estimate of drug-likeness (QED) is 0.635. The van der Waals surface area contributed by atoms with E-state index in [9.17, 15) is 19.8 Å². The number of aromatic amines is 1. The van der Waals surface area contributed by atoms with E-state index in [1.165, 1.54) is 10.8 Å². The number of aliphatic hydroxyl groups is 2. The minimum Gasteiger partial charge on any atom is -0.394 e. The van der Waals surface area contributed by atoms with Crippen molar-refractivity contribution < 1.29 is 24.4 Å². The van der Waals surface area contributed by atoms with Crippen LogP contribution in [0, 0.1) is 6.92 Å². The lowest BCUT2D eigenvalue weighted by Gasteiger charge is -2.34. The molecule has 6 atom stereocenters. The highest BCUT2D eigenvalue weighted by molar-refractivity contribution is 5.03. The zero-order chi connectivity index (χ0) is 18.8. The molecule has 0 aromatic carbocycles. The topological polar surface area (TPSA) is 123 Å². The first-order chi connectivity index (χ1) is 12.5. The van der Waals surface area contributed by atoms with Crippen molar-refractivity contribution in [3.8, 4) is 0 Å². The summed E-state index contributed by atoms with van der Waals surface area (Å²) in [7, 11) is 1.62. The van der Waals surface area contributed by atoms with Gasteiger partial charge in [-0.1, -0.05) is 12.8 Å². The predicted octanol–water partition coefficient (Wildman–Crippen LogP) is -0.562. The van der Waals surface area contributed by atoms with E-state index < -0.39 is 42.4 Å². The molecule has 26 heavy (non-hydrogen) atoms. The van der Waals surface area contributed by atoms with Crippen molar-refractivity contribution in [2.45, 2.75) is 69.4 Å². The minimum atomic E-state index is -1.11. The molecule has 1 saturated carbocycles. The summed E-state index contributed by atoms with van der Waals surface area (Å²) in [6, 6.07) is 0. The van der Waals surface area contributed by atoms with Crippen LogP contribution in [0.3, 0.4) is 0 Å². The molecule has 0 radical (unpaired) electrons. The van der Waals surface area contributed by atoms with Crippen LogP contribution in [0.1, 0.15) is 37.5 Å². The fourth-order valence-electron chi connectivity index (χ4n) is 3.70. The Kier molecular flexibility index (Phi) is 5.93. The first kappa shape index (κ1) is 19.2. The molecular weight excluding hydrogens is 344 g/mol. The van der Waals surface area contributed by atoms with Crippen molar-refractivity contribution in [3.05, 3.63) is 32.6 Å². The molecule has 2 fully saturated rings. The molecule has 2 aliphatic rings. The van der Waals surface area contributed by atoms with Crippen LogP contribution in [-0.2, 0) is 14.2 Å². The van der Waals surface area contributed by atoms with E-state index in [1.54, 1.807) is 14.0 Å². The van der Waals surface area contributed by atoms with Gasteiger partial charge >= 0.3 is 5.69 Å². The number of H-pyrrole nitrogens is 1. The summed E-state index contributed by atoms with van der Waals surface area (Å²) in [6.07, 6.45) is 0.898. The molecule has 9 heteroatoms. The lowest BCUT2D eigenvalue weighted by Crippen LogP contribution is -2.45. The van der Waals surface area contributed by atoms with E-state index in [1.807, 2.05) is 0 Å². The highest BCUT2D eigenvalue weighted by Gasteiger charge is 2.47. The predicted molar refractivity (Wildman–Crippen MR) is 91.0 cm³/mol. The average molecular weight is 370 g/mol. The third-order valence-corrected chi connectivity index (χ3v) is 5.19. The summed E-state index contributed by atoms with van der Waals surface area (Å²) >= 11 is 0. The Labute approximate surface area is 150 Å². The van der Waals surface area contributed by atoms with Crippen molar-refractivity contribution in [2.24, 2.45) is 0 Å². The third kappa shape index (κ3) is 3.63. The van der Waals surface area contributed by atoms with Gasteiger partial charge < -0.3 is 24.4 Å². The lowest BCUT2D eigenvalue weighted by molar-refractivity contribution is -0.150. The molecule has 2 heterocycles. The van der Waals surface area contributed by atoms with Crippen LogP contribution in [-0.4, -0.2) is 64.0 Å². The normalized spacial score (nSPS) is 34.9. The largest absolute Gasteiger partial charge is 0.394 e. The van der Waals surface area contributed by atoms with Crippen molar-refractivity contribution >= 4 is 0 Å². The number of rotatable bonds is 5. The van der Waals surface area contributed by atoms with Crippen LogP contribution in [0.15, 0.2) is 15.8 Å². The molecular formula is C17H26N2O7. The number of nitrogens with zero attached hydrogens (tertiary/aromatic N) is 1. The average Bonchev–Trinajstić information content (AvgIpc) is 2.94. The molecule has 3 rings (SSSR count). The fraction of sp³-hybridized carbons (Fsp3) is 0.765. The minimum absolute atomic E-state index is 0.0983. The summed E-state index contributed by atoms with van der Waals surface area (Å²) in [6.45, 7) is 1.16. The first-order valence-corrected chi connectivity index (χ1v) is 8.91. The van der Waals surface area contributed by atoms with E-state index >= 15 is 0 Å². The second-order valence-electron chi connectivity index (χ2n) is 6.91. The van der Waals surface area contributed by atoms with E-state index in [2.05, 4.69) is 4.98 Å². The van der Waals surface area contributed by atoms with Gasteiger partial charge in [-0.2, -0.15) is 0 Å². The van der Waals surface area contributed by atoms with Gasteiger partial charge in [0.2, 0.25) is 0 Å². The molecule has 1 aliphatic carbocycles. The van der Waals surface area contributed by atoms with Crippen LogP contribution in [0.2, 0.25) is 0 Å². The van der Waals surface area contributed by atoms with Gasteiger partial charge in [0.25, 0.3) is 5.56 Å². The van der Waals surface area contributed by atoms with Gasteiger partial charge in [-0.25, -0.2) is 4.79 Å². The van der Waals surface area contributed by atoms with Crippen molar-refractivity contribution in [1.82, 2.24) is 9.55 Å². The number of hydrogen-bond donors (Lipinski definition) is 3. The number of aromatic nitrogens is 2. The number of nitrogens with one attached hydrogen (secondary N) is 1. The maximum atomic E-state index is 12.2. The van der Waals surface area contributed by atoms with Gasteiger partial charge in [-0.3, -0.25) is 14.3 Å². The van der Waals surface area contributed by atoms with Crippen molar-refractivity contribution in [1.29, 1.82) is 0 Å². The summed E-state index contributed by atoms with van der Waals surface area (Å²) in [5, 5.41) is 20.0. The van der Waals surface area contributed by atoms with Crippen LogP contribution in [0.25, 0.3) is 0 Å². The highest BCUT2D eigenvalue weighted by atomic mass is 16.6. The molecule has 0 bridgehead atoms. The second-order valence-corrected chi connectivity index (χ2v) is 6.91. The number of aliphatic hydroxyl groups excluding tert-OH is 2. The van der Waals surface area contributed by atoms with E-state index in [0.717, 1.165) is 25.7 Å². The summed E-state index contributed by atoms with van der Waals surface area (Å²) in [4.78, 5) is 26.1. The Morgan fingerprint density at radius 3 is 2.65 bits per heavy atom. The summed E-state index contributed by atoms with van der Waals surface area (Å²) in [5.74, 6) is 0. The zero-order valence-electron chi connectivity index (χ0n) is 15.0. The molecule has 9 nitrogen and oxygen atoms in total. The maximum Gasteiger partial charge on any atom is 0.330 e. The number of methoxy groups -OCH3 is 1. The zero-order valence-corrected chi connectivity index (χ0v) is 15.0. The van der Waals surface area contributed by atoms with Crippen LogP contribution in [0.4, 0.5) is 0 Å². The van der Waals surface area contributed by atoms with Crippen molar-refractivity contribution in [3.63, 3.8) is 0 Å². The first-order valence-electron chi connectivity index (χ1n) is 8.91. The molecule has 1 aliphatic heterocycles. The number of hydrogen-bond acceptors (Lipinski definition) is 7. The van der Waals surface area contributed by atoms with Crippen molar-refractivity contribution in [2.75, 3.05) is 13.7 Å². The van der Waals surface area contributed by atoms with Crippen LogP contribution < -0.4 is 11.2 Å². The molecule has 1 unspecified atom stereocenters. The van der Waals surface area contributed by atoms with Gasteiger partial charge in [0.1, 0.15) is 18.3 Å². The van der Waals surface area contributed by atoms with Gasteiger partial charge in [-0.05, 0) is 19.8 Å². The molecule has 1 aromatic heterocycles. The van der Waals surface area contributed by atoms with E-state index in [0.29, 0.717) is 5.56 Å². The fourth-order valence-corrected chi connectivity index (χ4v) is 3.70. The van der Waals surface area contributed by atoms with Gasteiger partial charge in [0, 0.05) is 18.9 Å². The molecule has 0 spiro atoms. The van der Waals surface area contributed by atoms with Gasteiger partial charge in [0.15, 0.2) is 6.23 Å². The number of ether oxygens (including phenoxy) is 3. The molecule has 1 saturated heterocycles. The maximum absolute atomic E-state index is 12.2. The molecule has 146 valence electrons. The van der Waals surface area contributed by atoms with Crippen LogP contribution >= 0.6 is 0 Å². The van der Waals surface area contributed by atoms with E-state index in [4.69, 9.17) is 14.2 Å². The standard InChI is InChI=1S/C17H26N2O7/c1-9-7-19(17(23)18-15(9)22)16-14(13(21)12(8-20)26-16)25-11-6-4-3-5-10(11)24-2/h7,10-14,16,20-21H,3-6,8H2,1-2H3,(H,18,22,23)/t10-,11-,12-,13?,14+,16-/m1/s1. The third-order valence-electron chi connectivity index (χ3n) is 5.19. The molecule has 1 aromatic rings. The van der Waals surface area contributed by atoms with Crippen LogP contribution in [0.5, 0.6) is 0 Å². The van der Waals surface area contributed by atoms with Gasteiger partial charge in [-0.15, -0.1) is 0 Å². The summed E-state index contributed by atoms with van der Waals surface area (Å²) < 4.78 is 18.5. The second kappa shape index (κ2) is 8.01. The SMILES string of the molecule is CO[C@@H]1CCCC[C@H]1O[C@H]1C(O)[C@@H](CO)O[C@H]1n1cc(C)c(=O)[nH]c1=O. The highest BCUT2D eigenvalue weighted by Crippen LogP contribution is 2.34. The molecule has 0 amide bonds. The Balaban J connectivity index is 1.91. The lowest BCUT2D eigenvalue weighted by atomic mass is 9.94. The Morgan fingerprint density at radius 2 is 2.00 bits per heavy atom. The monoisotopic (exact) mass is 370 g/mol. The summed E-state index contributed by atoms with van der Waals surface area (Å²) in [5.41, 5.74) is -0.800. The smallest absolute Gasteiger partial charge is 0.330 e. The van der Waals surface area contributed by atoms with Gasteiger partial charge in [0.05, 0.1) is 18.8 Å². The van der Waals surface area contributed by atoms with E-state index in [-0.39, 0.29) is 12.2 Å². The molecule has 3 N–H and O–H groups in total. The Bertz CT molecular complexity index is 731. The number of aryl methyl sites for hydroxylation is 1. The Morgan fingerprint density at radius 1 is 1.31 bits per heavy atom. The Hall–Kier alpha value is -1.52.